The van der Waals surface area contributed by atoms with Gasteiger partial charge in [0.2, 0.25) is 0 Å². The zero-order valence-corrected chi connectivity index (χ0v) is 9.62. The van der Waals surface area contributed by atoms with Gasteiger partial charge in [0.15, 0.2) is 17.3 Å². The van der Waals surface area contributed by atoms with Crippen LogP contribution in [0.3, 0.4) is 0 Å². The van der Waals surface area contributed by atoms with Crippen LogP contribution in [0.4, 0.5) is 4.39 Å². The normalized spacial score (nSPS) is 12.2. The Morgan fingerprint density at radius 3 is 2.75 bits per heavy atom. The van der Waals surface area contributed by atoms with Crippen LogP contribution in [0.15, 0.2) is 18.2 Å². The molecule has 16 heavy (non-hydrogen) atoms. The third-order valence-corrected chi connectivity index (χ3v) is 2.07. The van der Waals surface area contributed by atoms with E-state index in [-0.39, 0.29) is 23.2 Å². The molecule has 0 heterocycles. The van der Waals surface area contributed by atoms with Crippen molar-refractivity contribution in [1.82, 2.24) is 0 Å². The summed E-state index contributed by atoms with van der Waals surface area (Å²) in [6, 6.07) is 4.29. The fourth-order valence-electron chi connectivity index (χ4n) is 1.38. The predicted octanol–water partition coefficient (Wildman–Crippen LogP) is 2.44. The average molecular weight is 226 g/mol. The highest BCUT2D eigenvalue weighted by Crippen LogP contribution is 2.24. The Balaban J connectivity index is 2.97. The molecule has 0 aliphatic carbocycles. The number of halogens is 1. The van der Waals surface area contributed by atoms with Gasteiger partial charge in [-0.1, -0.05) is 6.07 Å². The van der Waals surface area contributed by atoms with Crippen molar-refractivity contribution < 1.29 is 18.7 Å². The highest BCUT2D eigenvalue weighted by atomic mass is 19.1. The summed E-state index contributed by atoms with van der Waals surface area (Å²) in [5.74, 6) is -0.755. The zero-order chi connectivity index (χ0) is 12.1. The Bertz CT molecular complexity index is 377. The lowest BCUT2D eigenvalue weighted by Gasteiger charge is -2.16. The molecule has 0 radical (unpaired) electrons. The Morgan fingerprint density at radius 1 is 1.50 bits per heavy atom. The van der Waals surface area contributed by atoms with E-state index in [0.717, 1.165) is 0 Å². The summed E-state index contributed by atoms with van der Waals surface area (Å²) in [5.41, 5.74) is 0.253. The van der Waals surface area contributed by atoms with Crippen LogP contribution in [0.1, 0.15) is 24.2 Å². The van der Waals surface area contributed by atoms with Gasteiger partial charge in [-0.2, -0.15) is 0 Å². The van der Waals surface area contributed by atoms with E-state index in [4.69, 9.17) is 9.47 Å². The largest absolute Gasteiger partial charge is 0.484 e. The Labute approximate surface area is 94.2 Å². The van der Waals surface area contributed by atoms with Gasteiger partial charge in [0.05, 0.1) is 12.2 Å². The van der Waals surface area contributed by atoms with E-state index < -0.39 is 5.82 Å². The van der Waals surface area contributed by atoms with Crippen LogP contribution in [0.2, 0.25) is 0 Å². The third-order valence-electron chi connectivity index (χ3n) is 2.07. The van der Waals surface area contributed by atoms with Gasteiger partial charge in [0, 0.05) is 7.11 Å². The van der Waals surface area contributed by atoms with Crippen LogP contribution in [0.5, 0.6) is 5.75 Å². The van der Waals surface area contributed by atoms with Crippen LogP contribution >= 0.6 is 0 Å². The fourth-order valence-corrected chi connectivity index (χ4v) is 1.38. The molecule has 0 saturated heterocycles. The summed E-state index contributed by atoms with van der Waals surface area (Å²) < 4.78 is 23.7. The summed E-state index contributed by atoms with van der Waals surface area (Å²) in [6.07, 6.45) is -0.306. The molecule has 88 valence electrons. The molecule has 0 N–H and O–H groups in total. The first-order valence-corrected chi connectivity index (χ1v) is 5.01. The third kappa shape index (κ3) is 3.03. The second-order valence-corrected chi connectivity index (χ2v) is 3.56. The van der Waals surface area contributed by atoms with Crippen LogP contribution < -0.4 is 4.74 Å². The summed E-state index contributed by atoms with van der Waals surface area (Å²) in [7, 11) is 1.53. The molecule has 0 amide bonds. The van der Waals surface area contributed by atoms with E-state index in [1.54, 1.807) is 13.0 Å². The minimum atomic E-state index is -0.532. The van der Waals surface area contributed by atoms with E-state index in [9.17, 15) is 9.18 Å². The number of ether oxygens (including phenoxy) is 2. The molecule has 1 aromatic rings. The molecule has 1 rings (SSSR count). The zero-order valence-electron chi connectivity index (χ0n) is 9.62. The first kappa shape index (κ1) is 12.6. The number of carbonyl (C=O) groups is 1. The summed E-state index contributed by atoms with van der Waals surface area (Å²) >= 11 is 0. The molecule has 0 spiro atoms. The van der Waals surface area contributed by atoms with E-state index in [0.29, 0.717) is 6.61 Å². The molecule has 1 aromatic carbocycles. The topological polar surface area (TPSA) is 35.5 Å². The quantitative estimate of drug-likeness (QED) is 0.723. The smallest absolute Gasteiger partial charge is 0.166 e. The molecular weight excluding hydrogens is 211 g/mol. The van der Waals surface area contributed by atoms with Gasteiger partial charge >= 0.3 is 0 Å². The molecular formula is C12H15FO3. The first-order valence-electron chi connectivity index (χ1n) is 5.01. The number of carbonyl (C=O) groups excluding carboxylic acids is 1. The number of hydrogen-bond donors (Lipinski definition) is 0. The molecule has 1 atom stereocenters. The van der Waals surface area contributed by atoms with Crippen LogP contribution in [-0.2, 0) is 4.74 Å². The Kier molecular flexibility index (Phi) is 4.43. The van der Waals surface area contributed by atoms with Gasteiger partial charge in [0.1, 0.15) is 6.10 Å². The van der Waals surface area contributed by atoms with Crippen molar-refractivity contribution in [2.45, 2.75) is 20.0 Å². The molecule has 4 heteroatoms. The Morgan fingerprint density at radius 2 is 2.19 bits per heavy atom. The average Bonchev–Trinajstić information content (AvgIpc) is 2.21. The summed E-state index contributed by atoms with van der Waals surface area (Å²) in [5, 5.41) is 0. The molecule has 0 aromatic heterocycles. The standard InChI is InChI=1S/C12H15FO3/c1-8(7-15-3)16-12-10(9(2)14)5-4-6-11(12)13/h4-6,8H,7H2,1-3H3. The number of hydrogen-bond acceptors (Lipinski definition) is 3. The van der Waals surface area contributed by atoms with E-state index in [2.05, 4.69) is 0 Å². The van der Waals surface area contributed by atoms with Gasteiger partial charge in [0.25, 0.3) is 0 Å². The maximum atomic E-state index is 13.5. The molecule has 0 aliphatic heterocycles. The number of ketones is 1. The SMILES string of the molecule is COCC(C)Oc1c(F)cccc1C(C)=O. The van der Waals surface area contributed by atoms with E-state index >= 15 is 0 Å². The van der Waals surface area contributed by atoms with Gasteiger partial charge in [-0.05, 0) is 26.0 Å². The molecule has 0 aliphatic rings. The van der Waals surface area contributed by atoms with E-state index in [1.165, 1.54) is 26.2 Å². The lowest BCUT2D eigenvalue weighted by molar-refractivity contribution is 0.0863. The van der Waals surface area contributed by atoms with E-state index in [1.807, 2.05) is 0 Å². The molecule has 0 fully saturated rings. The lowest BCUT2D eigenvalue weighted by atomic mass is 10.1. The van der Waals surface area contributed by atoms with Crippen molar-refractivity contribution in [3.05, 3.63) is 29.6 Å². The van der Waals surface area contributed by atoms with Gasteiger partial charge < -0.3 is 9.47 Å². The summed E-state index contributed by atoms with van der Waals surface area (Å²) in [6.45, 7) is 3.47. The highest BCUT2D eigenvalue weighted by Gasteiger charge is 2.15. The molecule has 3 nitrogen and oxygen atoms in total. The molecule has 0 bridgehead atoms. The van der Waals surface area contributed by atoms with Gasteiger partial charge in [-0.15, -0.1) is 0 Å². The van der Waals surface area contributed by atoms with Crippen molar-refractivity contribution >= 4 is 5.78 Å². The first-order chi connectivity index (χ1) is 7.56. The second kappa shape index (κ2) is 5.61. The fraction of sp³-hybridized carbons (Fsp3) is 0.417. The number of para-hydroxylation sites is 1. The van der Waals surface area contributed by atoms with Crippen molar-refractivity contribution in [2.24, 2.45) is 0 Å². The maximum absolute atomic E-state index is 13.5. The Hall–Kier alpha value is -1.42. The minimum Gasteiger partial charge on any atom is -0.484 e. The molecule has 1 unspecified atom stereocenters. The van der Waals surface area contributed by atoms with Gasteiger partial charge in [-0.3, -0.25) is 4.79 Å². The highest BCUT2D eigenvalue weighted by molar-refractivity contribution is 5.96. The number of benzene rings is 1. The minimum absolute atomic E-state index is 0.000417. The number of methoxy groups -OCH3 is 1. The summed E-state index contributed by atoms with van der Waals surface area (Å²) in [4.78, 5) is 11.3. The van der Waals surface area contributed by atoms with Crippen molar-refractivity contribution in [3.8, 4) is 5.75 Å². The van der Waals surface area contributed by atoms with Crippen molar-refractivity contribution in [3.63, 3.8) is 0 Å². The maximum Gasteiger partial charge on any atom is 0.166 e. The van der Waals surface area contributed by atoms with Crippen LogP contribution in [0.25, 0.3) is 0 Å². The van der Waals surface area contributed by atoms with Crippen molar-refractivity contribution in [1.29, 1.82) is 0 Å². The monoisotopic (exact) mass is 226 g/mol. The number of Topliss-reactive ketones (excluding diaryl/α,β-unsaturated/α-hetero) is 1. The van der Waals surface area contributed by atoms with Crippen LogP contribution in [0, 0.1) is 5.82 Å². The van der Waals surface area contributed by atoms with Gasteiger partial charge in [-0.25, -0.2) is 4.39 Å². The van der Waals surface area contributed by atoms with Crippen molar-refractivity contribution in [2.75, 3.05) is 13.7 Å². The molecule has 0 saturated carbocycles. The number of rotatable bonds is 5. The second-order valence-electron chi connectivity index (χ2n) is 3.56. The van der Waals surface area contributed by atoms with Crippen LogP contribution in [-0.4, -0.2) is 25.6 Å². The lowest BCUT2D eigenvalue weighted by Crippen LogP contribution is -2.20. The predicted molar refractivity (Wildman–Crippen MR) is 58.4 cm³/mol.